The van der Waals surface area contributed by atoms with E-state index in [1.807, 2.05) is 24.0 Å². The SMILES string of the molecule is CCc1ccc(C(=O)CCC(=O)N2CCN(c3cccc(C(F)(F)F)c3)CC2)cc1. The van der Waals surface area contributed by atoms with Gasteiger partial charge in [0.15, 0.2) is 5.78 Å². The maximum atomic E-state index is 12.9. The molecule has 30 heavy (non-hydrogen) atoms. The first-order chi connectivity index (χ1) is 14.3. The predicted molar refractivity (Wildman–Crippen MR) is 110 cm³/mol. The molecule has 0 atom stereocenters. The molecular weight excluding hydrogens is 393 g/mol. The number of Topliss-reactive ketones (excluding diaryl/α,β-unsaturated/α-hetero) is 1. The summed E-state index contributed by atoms with van der Waals surface area (Å²) in [6.07, 6.45) is -3.19. The summed E-state index contributed by atoms with van der Waals surface area (Å²) in [5.74, 6) is -0.161. The third-order valence-corrected chi connectivity index (χ3v) is 5.42. The molecule has 0 N–H and O–H groups in total. The number of piperazine rings is 1. The van der Waals surface area contributed by atoms with E-state index in [0.29, 0.717) is 37.4 Å². The summed E-state index contributed by atoms with van der Waals surface area (Å²) < 4.78 is 38.7. The predicted octanol–water partition coefficient (Wildman–Crippen LogP) is 4.58. The molecule has 1 aliphatic rings. The van der Waals surface area contributed by atoms with Crippen LogP contribution < -0.4 is 4.90 Å². The largest absolute Gasteiger partial charge is 0.416 e. The molecule has 0 aliphatic carbocycles. The minimum Gasteiger partial charge on any atom is -0.368 e. The quantitative estimate of drug-likeness (QED) is 0.645. The molecule has 0 aromatic heterocycles. The number of hydrogen-bond acceptors (Lipinski definition) is 3. The third kappa shape index (κ3) is 5.40. The minimum atomic E-state index is -4.38. The van der Waals surface area contributed by atoms with Crippen molar-refractivity contribution in [2.75, 3.05) is 31.1 Å². The second kappa shape index (κ2) is 9.32. The number of aryl methyl sites for hydroxylation is 1. The number of hydrogen-bond donors (Lipinski definition) is 0. The summed E-state index contributed by atoms with van der Waals surface area (Å²) in [5, 5.41) is 0. The Labute approximate surface area is 174 Å². The highest BCUT2D eigenvalue weighted by Crippen LogP contribution is 2.31. The van der Waals surface area contributed by atoms with Crippen LogP contribution in [0.15, 0.2) is 48.5 Å². The zero-order chi connectivity index (χ0) is 21.7. The number of alkyl halides is 3. The van der Waals surface area contributed by atoms with E-state index >= 15 is 0 Å². The molecule has 0 radical (unpaired) electrons. The zero-order valence-electron chi connectivity index (χ0n) is 16.9. The van der Waals surface area contributed by atoms with E-state index in [1.54, 1.807) is 23.1 Å². The number of carbonyl (C=O) groups is 2. The van der Waals surface area contributed by atoms with E-state index in [4.69, 9.17) is 0 Å². The van der Waals surface area contributed by atoms with Crippen LogP contribution in [0, 0.1) is 0 Å². The summed E-state index contributed by atoms with van der Waals surface area (Å²) >= 11 is 0. The molecule has 1 saturated heterocycles. The van der Waals surface area contributed by atoms with Crippen LogP contribution in [0.1, 0.15) is 41.3 Å². The molecule has 7 heteroatoms. The third-order valence-electron chi connectivity index (χ3n) is 5.42. The highest BCUT2D eigenvalue weighted by molar-refractivity contribution is 5.98. The van der Waals surface area contributed by atoms with Crippen molar-refractivity contribution in [3.63, 3.8) is 0 Å². The molecule has 3 rings (SSSR count). The van der Waals surface area contributed by atoms with E-state index in [1.165, 1.54) is 6.07 Å². The lowest BCUT2D eigenvalue weighted by atomic mass is 10.0. The van der Waals surface area contributed by atoms with E-state index in [0.717, 1.165) is 24.1 Å². The Morgan fingerprint density at radius 2 is 1.60 bits per heavy atom. The first kappa shape index (κ1) is 21.9. The molecule has 0 saturated carbocycles. The fourth-order valence-electron chi connectivity index (χ4n) is 3.54. The van der Waals surface area contributed by atoms with Crippen molar-refractivity contribution >= 4 is 17.4 Å². The normalized spacial score (nSPS) is 14.7. The van der Waals surface area contributed by atoms with E-state index < -0.39 is 11.7 Å². The Kier molecular flexibility index (Phi) is 6.80. The van der Waals surface area contributed by atoms with Gasteiger partial charge >= 0.3 is 6.18 Å². The number of halogens is 3. The Hall–Kier alpha value is -2.83. The fourth-order valence-corrected chi connectivity index (χ4v) is 3.54. The highest BCUT2D eigenvalue weighted by atomic mass is 19.4. The van der Waals surface area contributed by atoms with Crippen molar-refractivity contribution in [2.24, 2.45) is 0 Å². The molecule has 1 heterocycles. The summed E-state index contributed by atoms with van der Waals surface area (Å²) in [6, 6.07) is 12.7. The monoisotopic (exact) mass is 418 g/mol. The van der Waals surface area contributed by atoms with Gasteiger partial charge in [0.25, 0.3) is 0 Å². The van der Waals surface area contributed by atoms with Crippen LogP contribution >= 0.6 is 0 Å². The second-order valence-corrected chi connectivity index (χ2v) is 7.39. The summed E-state index contributed by atoms with van der Waals surface area (Å²) in [4.78, 5) is 28.3. The van der Waals surface area contributed by atoms with Crippen molar-refractivity contribution in [3.8, 4) is 0 Å². The van der Waals surface area contributed by atoms with Crippen molar-refractivity contribution < 1.29 is 22.8 Å². The van der Waals surface area contributed by atoms with Crippen LogP contribution in [0.25, 0.3) is 0 Å². The van der Waals surface area contributed by atoms with Crippen molar-refractivity contribution in [3.05, 3.63) is 65.2 Å². The van der Waals surface area contributed by atoms with Gasteiger partial charge in [0, 0.05) is 50.3 Å². The van der Waals surface area contributed by atoms with Crippen molar-refractivity contribution in [1.29, 1.82) is 0 Å². The summed E-state index contributed by atoms with van der Waals surface area (Å²) in [6.45, 7) is 3.81. The lowest BCUT2D eigenvalue weighted by Gasteiger charge is -2.36. The van der Waals surface area contributed by atoms with Crippen LogP contribution in [0.2, 0.25) is 0 Å². The lowest BCUT2D eigenvalue weighted by molar-refractivity contribution is -0.137. The molecule has 1 amide bonds. The zero-order valence-corrected chi connectivity index (χ0v) is 16.9. The average molecular weight is 418 g/mol. The number of rotatable bonds is 6. The van der Waals surface area contributed by atoms with Crippen LogP contribution in [0.3, 0.4) is 0 Å². The van der Waals surface area contributed by atoms with Gasteiger partial charge in [-0.3, -0.25) is 9.59 Å². The van der Waals surface area contributed by atoms with Gasteiger partial charge in [-0.2, -0.15) is 13.2 Å². The average Bonchev–Trinajstić information content (AvgIpc) is 2.77. The van der Waals surface area contributed by atoms with E-state index in [2.05, 4.69) is 0 Å². The Morgan fingerprint density at radius 3 is 2.20 bits per heavy atom. The second-order valence-electron chi connectivity index (χ2n) is 7.39. The first-order valence-electron chi connectivity index (χ1n) is 10.1. The Balaban J connectivity index is 1.50. The van der Waals surface area contributed by atoms with Gasteiger partial charge in [-0.1, -0.05) is 37.3 Å². The minimum absolute atomic E-state index is 0.0615. The maximum Gasteiger partial charge on any atom is 0.416 e. The molecular formula is C23H25F3N2O2. The standard InChI is InChI=1S/C23H25F3N2O2/c1-2-17-6-8-18(9-7-17)21(29)10-11-22(30)28-14-12-27(13-15-28)20-5-3-4-19(16-20)23(24,25)26/h3-9,16H,2,10-15H2,1H3. The van der Waals surface area contributed by atoms with Gasteiger partial charge < -0.3 is 9.80 Å². The number of amides is 1. The smallest absolute Gasteiger partial charge is 0.368 e. The molecule has 0 bridgehead atoms. The molecule has 160 valence electrons. The number of nitrogens with zero attached hydrogens (tertiary/aromatic N) is 2. The highest BCUT2D eigenvalue weighted by Gasteiger charge is 2.31. The maximum absolute atomic E-state index is 12.9. The van der Waals surface area contributed by atoms with Crippen LogP contribution in [-0.4, -0.2) is 42.8 Å². The Bertz CT molecular complexity index is 886. The molecule has 2 aromatic carbocycles. The number of ketones is 1. The molecule has 0 spiro atoms. The van der Waals surface area contributed by atoms with E-state index in [-0.39, 0.29) is 24.5 Å². The van der Waals surface area contributed by atoms with Gasteiger partial charge in [0.05, 0.1) is 5.56 Å². The molecule has 4 nitrogen and oxygen atoms in total. The van der Waals surface area contributed by atoms with Gasteiger partial charge in [0.2, 0.25) is 5.91 Å². The lowest BCUT2D eigenvalue weighted by Crippen LogP contribution is -2.48. The molecule has 1 fully saturated rings. The van der Waals surface area contributed by atoms with Gasteiger partial charge in [0.1, 0.15) is 0 Å². The molecule has 0 unspecified atom stereocenters. The molecule has 1 aliphatic heterocycles. The summed E-state index contributed by atoms with van der Waals surface area (Å²) in [7, 11) is 0. The number of carbonyl (C=O) groups excluding carboxylic acids is 2. The first-order valence-corrected chi connectivity index (χ1v) is 10.1. The van der Waals surface area contributed by atoms with Gasteiger partial charge in [-0.15, -0.1) is 0 Å². The van der Waals surface area contributed by atoms with Gasteiger partial charge in [-0.05, 0) is 30.2 Å². The Morgan fingerprint density at radius 1 is 0.933 bits per heavy atom. The van der Waals surface area contributed by atoms with Crippen LogP contribution in [-0.2, 0) is 17.4 Å². The number of anilines is 1. The van der Waals surface area contributed by atoms with E-state index in [9.17, 15) is 22.8 Å². The van der Waals surface area contributed by atoms with Crippen LogP contribution in [0.5, 0.6) is 0 Å². The van der Waals surface area contributed by atoms with Crippen molar-refractivity contribution in [1.82, 2.24) is 4.90 Å². The van der Waals surface area contributed by atoms with Crippen LogP contribution in [0.4, 0.5) is 18.9 Å². The molecule has 2 aromatic rings. The van der Waals surface area contributed by atoms with Gasteiger partial charge in [-0.25, -0.2) is 0 Å². The number of benzene rings is 2. The fraction of sp³-hybridized carbons (Fsp3) is 0.391. The van der Waals surface area contributed by atoms with Crippen molar-refractivity contribution in [2.45, 2.75) is 32.4 Å². The summed E-state index contributed by atoms with van der Waals surface area (Å²) in [5.41, 5.74) is 1.59. The topological polar surface area (TPSA) is 40.6 Å².